The van der Waals surface area contributed by atoms with E-state index < -0.39 is 23.8 Å². The Balaban J connectivity index is 1.26. The molecule has 0 spiro atoms. The fourth-order valence-electron chi connectivity index (χ4n) is 4.49. The molecule has 2 heterocycles. The summed E-state index contributed by atoms with van der Waals surface area (Å²) in [6.07, 6.45) is 3.25. The van der Waals surface area contributed by atoms with Gasteiger partial charge in [0.1, 0.15) is 8.64 Å². The third-order valence-electron chi connectivity index (χ3n) is 7.30. The van der Waals surface area contributed by atoms with E-state index in [-0.39, 0.29) is 56.2 Å². The smallest absolute Gasteiger partial charge is 0.338 e. The molecule has 2 aromatic rings. The summed E-state index contributed by atoms with van der Waals surface area (Å²) in [6, 6.07) is 12.6. The van der Waals surface area contributed by atoms with Crippen LogP contribution in [-0.4, -0.2) is 80.3 Å². The average molecular weight is 757 g/mol. The van der Waals surface area contributed by atoms with E-state index in [1.807, 2.05) is 13.8 Å². The third-order valence-corrected chi connectivity index (χ3v) is 10.3. The van der Waals surface area contributed by atoms with Crippen molar-refractivity contribution in [3.63, 3.8) is 0 Å². The minimum Gasteiger partial charge on any atom is -0.462 e. The van der Waals surface area contributed by atoms with Gasteiger partial charge in [0.15, 0.2) is 0 Å². The molecule has 0 bridgehead atoms. The number of nitrogens with one attached hydrogen (secondary N) is 2. The summed E-state index contributed by atoms with van der Waals surface area (Å²) >= 11 is 12.7. The number of benzene rings is 2. The van der Waals surface area contributed by atoms with Crippen molar-refractivity contribution in [3.8, 4) is 0 Å². The van der Waals surface area contributed by atoms with Crippen molar-refractivity contribution in [2.24, 2.45) is 0 Å². The lowest BCUT2D eigenvalue weighted by molar-refractivity contribution is -0.125. The molecule has 2 fully saturated rings. The first-order valence-electron chi connectivity index (χ1n) is 16.0. The number of esters is 2. The van der Waals surface area contributed by atoms with E-state index in [0.29, 0.717) is 35.7 Å². The van der Waals surface area contributed by atoms with E-state index in [0.717, 1.165) is 49.2 Å². The van der Waals surface area contributed by atoms with Gasteiger partial charge in [-0.1, -0.05) is 74.6 Å². The molecule has 4 amide bonds. The highest BCUT2D eigenvalue weighted by Gasteiger charge is 2.42. The average Bonchev–Trinajstić information content (AvgIpc) is 3.54. The molecular formula is C34H36N4O8S4. The normalized spacial score (nSPS) is 15.8. The molecule has 50 heavy (non-hydrogen) atoms. The summed E-state index contributed by atoms with van der Waals surface area (Å²) in [5, 5.41) is 5.46. The van der Waals surface area contributed by atoms with Crippen LogP contribution in [-0.2, 0) is 28.7 Å². The molecule has 2 saturated heterocycles. The first kappa shape index (κ1) is 38.7. The molecule has 0 atom stereocenters. The molecule has 2 N–H and O–H groups in total. The molecule has 2 aliphatic heterocycles. The van der Waals surface area contributed by atoms with E-state index in [1.165, 1.54) is 9.80 Å². The van der Waals surface area contributed by atoms with Crippen LogP contribution >= 0.6 is 48.0 Å². The number of carbonyl (C=O) groups is 6. The Hall–Kier alpha value is -4.12. The molecule has 0 aromatic heterocycles. The van der Waals surface area contributed by atoms with Crippen molar-refractivity contribution in [1.82, 2.24) is 9.80 Å². The van der Waals surface area contributed by atoms with Crippen molar-refractivity contribution in [2.75, 3.05) is 36.9 Å². The van der Waals surface area contributed by atoms with Crippen LogP contribution in [0.4, 0.5) is 11.4 Å². The third kappa shape index (κ3) is 10.4. The SMILES string of the molecule is CCCCOC(=O)c1ccc(NC(=O)CCN2C(=O)C(=C3SC(=S)N(CCC(=O)Nc4ccc(C(=O)OCCCC)cc4)C3=O)SC2=S)cc1. The van der Waals surface area contributed by atoms with Gasteiger partial charge < -0.3 is 20.1 Å². The van der Waals surface area contributed by atoms with E-state index in [4.69, 9.17) is 33.9 Å². The molecule has 2 aliphatic rings. The largest absolute Gasteiger partial charge is 0.462 e. The number of anilines is 2. The lowest BCUT2D eigenvalue weighted by Gasteiger charge is -2.15. The van der Waals surface area contributed by atoms with Gasteiger partial charge in [0.25, 0.3) is 11.8 Å². The molecule has 264 valence electrons. The predicted molar refractivity (Wildman–Crippen MR) is 201 cm³/mol. The molecule has 0 unspecified atom stereocenters. The molecule has 2 aromatic carbocycles. The number of unbranched alkanes of at least 4 members (excludes halogenated alkanes) is 2. The predicted octanol–water partition coefficient (Wildman–Crippen LogP) is 5.89. The van der Waals surface area contributed by atoms with E-state index in [1.54, 1.807) is 48.5 Å². The summed E-state index contributed by atoms with van der Waals surface area (Å²) in [5.41, 5.74) is 1.69. The second-order valence-electron chi connectivity index (χ2n) is 11.0. The van der Waals surface area contributed by atoms with Gasteiger partial charge in [-0.3, -0.25) is 29.0 Å². The fourth-order valence-corrected chi connectivity index (χ4v) is 7.27. The lowest BCUT2D eigenvalue weighted by atomic mass is 10.2. The van der Waals surface area contributed by atoms with Gasteiger partial charge in [0.05, 0.1) is 34.2 Å². The van der Waals surface area contributed by atoms with Gasteiger partial charge in [-0.25, -0.2) is 9.59 Å². The van der Waals surface area contributed by atoms with E-state index in [2.05, 4.69) is 10.6 Å². The molecule has 12 nitrogen and oxygen atoms in total. The molecule has 0 radical (unpaired) electrons. The second kappa shape index (κ2) is 18.8. The minimum absolute atomic E-state index is 0.0106. The number of thiocarbonyl (C=S) groups is 2. The highest BCUT2D eigenvalue weighted by Crippen LogP contribution is 2.42. The van der Waals surface area contributed by atoms with Crippen molar-refractivity contribution in [2.45, 2.75) is 52.4 Å². The van der Waals surface area contributed by atoms with Crippen LogP contribution in [0.5, 0.6) is 0 Å². The zero-order chi connectivity index (χ0) is 36.2. The highest BCUT2D eigenvalue weighted by atomic mass is 32.2. The van der Waals surface area contributed by atoms with Crippen LogP contribution in [0, 0.1) is 0 Å². The van der Waals surface area contributed by atoms with Crippen molar-refractivity contribution in [3.05, 3.63) is 69.5 Å². The fraction of sp³-hybridized carbons (Fsp3) is 0.353. The van der Waals surface area contributed by atoms with Gasteiger partial charge in [-0.2, -0.15) is 0 Å². The van der Waals surface area contributed by atoms with Crippen LogP contribution in [0.25, 0.3) is 0 Å². The quantitative estimate of drug-likeness (QED) is 0.0910. The molecule has 0 aliphatic carbocycles. The van der Waals surface area contributed by atoms with Gasteiger partial charge in [0.2, 0.25) is 11.8 Å². The number of thioether (sulfide) groups is 2. The van der Waals surface area contributed by atoms with E-state index >= 15 is 0 Å². The zero-order valence-corrected chi connectivity index (χ0v) is 30.7. The van der Waals surface area contributed by atoms with Crippen LogP contribution in [0.2, 0.25) is 0 Å². The summed E-state index contributed by atoms with van der Waals surface area (Å²) in [4.78, 5) is 78.8. The summed E-state index contributed by atoms with van der Waals surface area (Å²) in [5.74, 6) is -2.63. The number of rotatable bonds is 16. The Kier molecular flexibility index (Phi) is 14.5. The monoisotopic (exact) mass is 756 g/mol. The Labute approximate surface area is 309 Å². The minimum atomic E-state index is -0.505. The number of hydrogen-bond acceptors (Lipinski definition) is 12. The summed E-state index contributed by atoms with van der Waals surface area (Å²) in [6.45, 7) is 4.67. The van der Waals surface area contributed by atoms with E-state index in [9.17, 15) is 28.8 Å². The van der Waals surface area contributed by atoms with Crippen LogP contribution < -0.4 is 10.6 Å². The van der Waals surface area contributed by atoms with Crippen LogP contribution in [0.15, 0.2) is 58.3 Å². The first-order chi connectivity index (χ1) is 24.0. The summed E-state index contributed by atoms with van der Waals surface area (Å²) in [7, 11) is 0. The Morgan fingerprint density at radius 1 is 0.640 bits per heavy atom. The Morgan fingerprint density at radius 2 is 1.00 bits per heavy atom. The highest BCUT2D eigenvalue weighted by molar-refractivity contribution is 8.29. The number of ether oxygens (including phenoxy) is 2. The first-order valence-corrected chi connectivity index (χ1v) is 18.4. The van der Waals surface area contributed by atoms with Gasteiger partial charge >= 0.3 is 11.9 Å². The maximum absolute atomic E-state index is 13.3. The van der Waals surface area contributed by atoms with Crippen molar-refractivity contribution >= 4 is 104 Å². The van der Waals surface area contributed by atoms with Gasteiger partial charge in [-0.15, -0.1) is 0 Å². The zero-order valence-electron chi connectivity index (χ0n) is 27.5. The molecular weight excluding hydrogens is 721 g/mol. The molecule has 0 saturated carbocycles. The number of amides is 4. The number of nitrogens with zero attached hydrogens (tertiary/aromatic N) is 2. The maximum Gasteiger partial charge on any atom is 0.338 e. The van der Waals surface area contributed by atoms with Crippen molar-refractivity contribution in [1.29, 1.82) is 0 Å². The van der Waals surface area contributed by atoms with Crippen LogP contribution in [0.3, 0.4) is 0 Å². The topological polar surface area (TPSA) is 151 Å². The number of carbonyl (C=O) groups excluding carboxylic acids is 6. The number of hydrogen-bond donors (Lipinski definition) is 2. The molecule has 4 rings (SSSR count). The Bertz CT molecular complexity index is 1570. The second-order valence-corrected chi connectivity index (χ2v) is 14.3. The standard InChI is InChI=1S/C34H36N4O8S4/c1-3-5-19-45-31(43)21-7-11-23(12-8-21)35-25(39)15-17-37-29(41)27(49-33(37)47)28-30(42)38(34(48)50-28)18-16-26(40)36-24-13-9-22(10-14-24)32(44)46-20-6-4-2/h7-14H,3-6,15-20H2,1-2H3,(H,35,39)(H,36,40). The maximum atomic E-state index is 13.3. The summed E-state index contributed by atoms with van der Waals surface area (Å²) < 4.78 is 10.8. The van der Waals surface area contributed by atoms with Gasteiger partial charge in [-0.05, 0) is 61.4 Å². The Morgan fingerprint density at radius 3 is 1.34 bits per heavy atom. The van der Waals surface area contributed by atoms with Gasteiger partial charge in [0, 0.05) is 37.3 Å². The lowest BCUT2D eigenvalue weighted by Crippen LogP contribution is -2.33. The van der Waals surface area contributed by atoms with Crippen molar-refractivity contribution < 1.29 is 38.2 Å². The van der Waals surface area contributed by atoms with Crippen LogP contribution in [0.1, 0.15) is 73.1 Å². The molecule has 16 heteroatoms.